The van der Waals surface area contributed by atoms with E-state index in [1.807, 2.05) is 30.3 Å². The lowest BCUT2D eigenvalue weighted by Gasteiger charge is -2.08. The molecular formula is C19H20O4. The third-order valence-corrected chi connectivity index (χ3v) is 3.47. The fraction of sp³-hybridized carbons (Fsp3) is 0.211. The third-order valence-electron chi connectivity index (χ3n) is 3.47. The average Bonchev–Trinajstić information content (AvgIpc) is 2.61. The zero-order valence-electron chi connectivity index (χ0n) is 13.8. The molecule has 2 rings (SSSR count). The molecule has 0 fully saturated rings. The molecule has 0 spiro atoms. The Morgan fingerprint density at radius 2 is 1.35 bits per heavy atom. The van der Waals surface area contributed by atoms with Gasteiger partial charge < -0.3 is 14.2 Å². The van der Waals surface area contributed by atoms with Crippen LogP contribution in [0.5, 0.6) is 17.2 Å². The van der Waals surface area contributed by atoms with E-state index in [1.165, 1.54) is 0 Å². The van der Waals surface area contributed by atoms with Gasteiger partial charge in [-0.25, -0.2) is 0 Å². The Bertz CT molecular complexity index is 692. The van der Waals surface area contributed by atoms with Crippen molar-refractivity contribution in [1.82, 2.24) is 0 Å². The van der Waals surface area contributed by atoms with Gasteiger partial charge in [0.05, 0.1) is 21.3 Å². The minimum absolute atomic E-state index is 0.0713. The van der Waals surface area contributed by atoms with Gasteiger partial charge in [-0.15, -0.1) is 0 Å². The van der Waals surface area contributed by atoms with Gasteiger partial charge in [-0.05, 0) is 48.4 Å². The van der Waals surface area contributed by atoms with Crippen molar-refractivity contribution in [1.29, 1.82) is 0 Å². The summed E-state index contributed by atoms with van der Waals surface area (Å²) in [6.07, 6.45) is 1.84. The maximum Gasteiger partial charge on any atom is 0.189 e. The fourth-order valence-corrected chi connectivity index (χ4v) is 2.18. The average molecular weight is 312 g/mol. The van der Waals surface area contributed by atoms with Gasteiger partial charge in [0.25, 0.3) is 0 Å². The Morgan fingerprint density at radius 3 is 1.83 bits per heavy atom. The molecule has 0 aliphatic carbocycles. The molecule has 0 bridgehead atoms. The summed E-state index contributed by atoms with van der Waals surface area (Å²) in [6, 6.07) is 12.7. The Hall–Kier alpha value is -2.75. The van der Waals surface area contributed by atoms with Crippen molar-refractivity contribution in [3.63, 3.8) is 0 Å². The summed E-state index contributed by atoms with van der Waals surface area (Å²) < 4.78 is 15.5. The van der Waals surface area contributed by atoms with Gasteiger partial charge in [-0.1, -0.05) is 12.1 Å². The normalized spacial score (nSPS) is 11.0. The first kappa shape index (κ1) is 16.6. The van der Waals surface area contributed by atoms with Crippen LogP contribution in [0.2, 0.25) is 0 Å². The van der Waals surface area contributed by atoms with Crippen molar-refractivity contribution in [3.05, 3.63) is 59.2 Å². The molecule has 0 amide bonds. The van der Waals surface area contributed by atoms with Gasteiger partial charge in [0, 0.05) is 11.6 Å². The maximum atomic E-state index is 12.6. The first-order chi connectivity index (χ1) is 11.1. The van der Waals surface area contributed by atoms with Gasteiger partial charge in [-0.2, -0.15) is 0 Å². The molecule has 2 aromatic carbocycles. The predicted octanol–water partition coefficient (Wildman–Crippen LogP) is 4.00. The molecule has 0 radical (unpaired) electrons. The number of hydrogen-bond donors (Lipinski definition) is 0. The summed E-state index contributed by atoms with van der Waals surface area (Å²) in [4.78, 5) is 12.6. The van der Waals surface area contributed by atoms with Crippen LogP contribution in [-0.2, 0) is 0 Å². The highest BCUT2D eigenvalue weighted by molar-refractivity contribution is 6.11. The van der Waals surface area contributed by atoms with Crippen molar-refractivity contribution < 1.29 is 19.0 Å². The van der Waals surface area contributed by atoms with Crippen molar-refractivity contribution in [2.75, 3.05) is 21.3 Å². The van der Waals surface area contributed by atoms with E-state index >= 15 is 0 Å². The Kier molecular flexibility index (Phi) is 5.41. The first-order valence-electron chi connectivity index (χ1n) is 7.17. The number of carbonyl (C=O) groups is 1. The van der Waals surface area contributed by atoms with Gasteiger partial charge >= 0.3 is 0 Å². The summed E-state index contributed by atoms with van der Waals surface area (Å²) in [6.45, 7) is 1.79. The van der Waals surface area contributed by atoms with E-state index in [0.29, 0.717) is 22.6 Å². The quantitative estimate of drug-likeness (QED) is 0.597. The standard InChI is InChI=1S/C19H20O4/c1-13(9-14-5-7-16(21-2)8-6-14)19(20)15-10-17(22-3)12-18(11-15)23-4/h5-12H,1-4H3/b13-9+. The lowest BCUT2D eigenvalue weighted by Crippen LogP contribution is -2.02. The molecule has 120 valence electrons. The second-order valence-electron chi connectivity index (χ2n) is 5.03. The molecular weight excluding hydrogens is 292 g/mol. The number of ketones is 1. The highest BCUT2D eigenvalue weighted by Gasteiger charge is 2.12. The maximum absolute atomic E-state index is 12.6. The molecule has 0 aliphatic rings. The Balaban J connectivity index is 2.29. The lowest BCUT2D eigenvalue weighted by atomic mass is 10.0. The summed E-state index contributed by atoms with van der Waals surface area (Å²) in [5.41, 5.74) is 2.10. The van der Waals surface area contributed by atoms with Crippen LogP contribution in [0.4, 0.5) is 0 Å². The molecule has 4 heteroatoms. The summed E-state index contributed by atoms with van der Waals surface area (Å²) in [7, 11) is 4.74. The molecule has 0 saturated carbocycles. The zero-order chi connectivity index (χ0) is 16.8. The monoisotopic (exact) mass is 312 g/mol. The largest absolute Gasteiger partial charge is 0.497 e. The van der Waals surface area contributed by atoms with E-state index in [2.05, 4.69) is 0 Å². The minimum Gasteiger partial charge on any atom is -0.497 e. The van der Waals surface area contributed by atoms with E-state index < -0.39 is 0 Å². The zero-order valence-corrected chi connectivity index (χ0v) is 13.8. The molecule has 23 heavy (non-hydrogen) atoms. The summed E-state index contributed by atoms with van der Waals surface area (Å²) >= 11 is 0. The first-order valence-corrected chi connectivity index (χ1v) is 7.17. The highest BCUT2D eigenvalue weighted by atomic mass is 16.5. The van der Waals surface area contributed by atoms with Gasteiger partial charge in [0.15, 0.2) is 5.78 Å². The van der Waals surface area contributed by atoms with Gasteiger partial charge in [0.2, 0.25) is 0 Å². The topological polar surface area (TPSA) is 44.8 Å². The second kappa shape index (κ2) is 7.49. The number of ether oxygens (including phenoxy) is 3. The number of rotatable bonds is 6. The summed E-state index contributed by atoms with van der Waals surface area (Å²) in [5, 5.41) is 0. The number of benzene rings is 2. The van der Waals surface area contributed by atoms with Gasteiger partial charge in [-0.3, -0.25) is 4.79 Å². The molecule has 0 unspecified atom stereocenters. The Labute approximate surface area is 136 Å². The SMILES string of the molecule is COc1ccc(/C=C(\C)C(=O)c2cc(OC)cc(OC)c2)cc1. The van der Waals surface area contributed by atoms with Crippen LogP contribution in [0.25, 0.3) is 6.08 Å². The van der Waals surface area contributed by atoms with Crippen LogP contribution in [-0.4, -0.2) is 27.1 Å². The molecule has 0 saturated heterocycles. The molecule has 0 aromatic heterocycles. The number of hydrogen-bond acceptors (Lipinski definition) is 4. The molecule has 0 aliphatic heterocycles. The predicted molar refractivity (Wildman–Crippen MR) is 90.5 cm³/mol. The smallest absolute Gasteiger partial charge is 0.189 e. The number of allylic oxidation sites excluding steroid dienone is 1. The van der Waals surface area contributed by atoms with Crippen LogP contribution >= 0.6 is 0 Å². The number of methoxy groups -OCH3 is 3. The van der Waals surface area contributed by atoms with E-state index in [0.717, 1.165) is 11.3 Å². The third kappa shape index (κ3) is 4.13. The van der Waals surface area contributed by atoms with Crippen molar-refractivity contribution in [2.45, 2.75) is 6.92 Å². The molecule has 0 atom stereocenters. The van der Waals surface area contributed by atoms with Crippen LogP contribution in [0.3, 0.4) is 0 Å². The lowest BCUT2D eigenvalue weighted by molar-refractivity contribution is 0.103. The van der Waals surface area contributed by atoms with E-state index in [-0.39, 0.29) is 5.78 Å². The minimum atomic E-state index is -0.0713. The van der Waals surface area contributed by atoms with Crippen LogP contribution in [0.15, 0.2) is 48.0 Å². The highest BCUT2D eigenvalue weighted by Crippen LogP contribution is 2.25. The van der Waals surface area contributed by atoms with E-state index in [4.69, 9.17) is 14.2 Å². The number of carbonyl (C=O) groups excluding carboxylic acids is 1. The molecule has 2 aromatic rings. The van der Waals surface area contributed by atoms with Crippen LogP contribution < -0.4 is 14.2 Å². The van der Waals surface area contributed by atoms with Crippen molar-refractivity contribution in [2.24, 2.45) is 0 Å². The van der Waals surface area contributed by atoms with Crippen molar-refractivity contribution >= 4 is 11.9 Å². The van der Waals surface area contributed by atoms with Gasteiger partial charge in [0.1, 0.15) is 17.2 Å². The summed E-state index contributed by atoms with van der Waals surface area (Å²) in [5.74, 6) is 1.89. The molecule has 0 N–H and O–H groups in total. The molecule has 0 heterocycles. The molecule has 4 nitrogen and oxygen atoms in total. The van der Waals surface area contributed by atoms with E-state index in [1.54, 1.807) is 46.5 Å². The second-order valence-corrected chi connectivity index (χ2v) is 5.03. The van der Waals surface area contributed by atoms with Crippen molar-refractivity contribution in [3.8, 4) is 17.2 Å². The Morgan fingerprint density at radius 1 is 0.826 bits per heavy atom. The van der Waals surface area contributed by atoms with E-state index in [9.17, 15) is 4.79 Å². The van der Waals surface area contributed by atoms with Crippen LogP contribution in [0, 0.1) is 0 Å². The number of Topliss-reactive ketones (excluding diaryl/α,β-unsaturated/α-hetero) is 1. The van der Waals surface area contributed by atoms with Crippen LogP contribution in [0.1, 0.15) is 22.8 Å². The fourth-order valence-electron chi connectivity index (χ4n) is 2.18.